The van der Waals surface area contributed by atoms with E-state index in [1.54, 1.807) is 24.3 Å². The molecule has 1 aliphatic heterocycles. The molecule has 0 amide bonds. The molecule has 128 valence electrons. The summed E-state index contributed by atoms with van der Waals surface area (Å²) in [5, 5.41) is 3.90. The monoisotopic (exact) mass is 357 g/mol. The Labute approximate surface area is 143 Å². The number of sulfonamides is 1. The van der Waals surface area contributed by atoms with Crippen LogP contribution in [-0.4, -0.2) is 51.6 Å². The second-order valence-corrected chi connectivity index (χ2v) is 8.47. The Kier molecular flexibility index (Phi) is 5.59. The summed E-state index contributed by atoms with van der Waals surface area (Å²) in [5.74, 6) is 0. The molecule has 1 saturated heterocycles. The second-order valence-electron chi connectivity index (χ2n) is 6.32. The zero-order chi connectivity index (χ0) is 16.3. The molecule has 2 aliphatic rings. The van der Waals surface area contributed by atoms with Crippen molar-refractivity contribution >= 4 is 21.6 Å². The summed E-state index contributed by atoms with van der Waals surface area (Å²) < 4.78 is 28.3. The maximum absolute atomic E-state index is 12.7. The van der Waals surface area contributed by atoms with E-state index in [0.29, 0.717) is 11.1 Å². The van der Waals surface area contributed by atoms with Crippen molar-refractivity contribution in [2.75, 3.05) is 26.2 Å². The van der Waals surface area contributed by atoms with Crippen LogP contribution in [0.5, 0.6) is 0 Å². The quantitative estimate of drug-likeness (QED) is 0.863. The third kappa shape index (κ3) is 4.25. The first-order valence-corrected chi connectivity index (χ1v) is 10.1. The zero-order valence-corrected chi connectivity index (χ0v) is 14.7. The molecule has 23 heavy (non-hydrogen) atoms. The third-order valence-electron chi connectivity index (χ3n) is 4.78. The molecule has 7 heteroatoms. The summed E-state index contributed by atoms with van der Waals surface area (Å²) in [6.45, 7) is 3.94. The number of halogens is 1. The molecule has 5 nitrogen and oxygen atoms in total. The van der Waals surface area contributed by atoms with Gasteiger partial charge < -0.3 is 5.32 Å². The van der Waals surface area contributed by atoms with Crippen LogP contribution < -0.4 is 10.0 Å². The summed E-state index contributed by atoms with van der Waals surface area (Å²) in [7, 11) is -3.50. The van der Waals surface area contributed by atoms with E-state index in [1.165, 1.54) is 6.42 Å². The van der Waals surface area contributed by atoms with Crippen molar-refractivity contribution < 1.29 is 8.42 Å². The highest BCUT2D eigenvalue weighted by Gasteiger charge is 2.33. The van der Waals surface area contributed by atoms with E-state index in [2.05, 4.69) is 14.9 Å². The van der Waals surface area contributed by atoms with E-state index in [-0.39, 0.29) is 10.9 Å². The maximum Gasteiger partial charge on any atom is 0.240 e. The Morgan fingerprint density at radius 1 is 1.09 bits per heavy atom. The van der Waals surface area contributed by atoms with E-state index < -0.39 is 10.0 Å². The van der Waals surface area contributed by atoms with Crippen molar-refractivity contribution in [1.29, 1.82) is 0 Å². The molecule has 3 rings (SSSR count). The molecule has 0 radical (unpaired) electrons. The van der Waals surface area contributed by atoms with Crippen LogP contribution >= 0.6 is 11.6 Å². The van der Waals surface area contributed by atoms with Gasteiger partial charge in [-0.15, -0.1) is 0 Å². The fraction of sp³-hybridized carbons (Fsp3) is 0.625. The van der Waals surface area contributed by atoms with Crippen LogP contribution in [0.1, 0.15) is 25.7 Å². The van der Waals surface area contributed by atoms with Crippen molar-refractivity contribution in [3.63, 3.8) is 0 Å². The first-order valence-electron chi connectivity index (χ1n) is 8.29. The summed E-state index contributed by atoms with van der Waals surface area (Å²) in [6.07, 6.45) is 4.22. The highest BCUT2D eigenvalue weighted by atomic mass is 35.5. The van der Waals surface area contributed by atoms with Gasteiger partial charge in [-0.3, -0.25) is 4.90 Å². The van der Waals surface area contributed by atoms with Gasteiger partial charge in [-0.1, -0.05) is 24.4 Å². The first-order chi connectivity index (χ1) is 11.1. The molecular weight excluding hydrogens is 334 g/mol. The lowest BCUT2D eigenvalue weighted by molar-refractivity contribution is 0.116. The molecule has 1 aliphatic carbocycles. The molecule has 2 fully saturated rings. The van der Waals surface area contributed by atoms with Gasteiger partial charge in [0.1, 0.15) is 0 Å². The number of hydrogen-bond acceptors (Lipinski definition) is 4. The Bertz CT molecular complexity index is 615. The molecule has 0 bridgehead atoms. The fourth-order valence-corrected chi connectivity index (χ4v) is 5.01. The van der Waals surface area contributed by atoms with Crippen molar-refractivity contribution in [3.05, 3.63) is 29.3 Å². The molecule has 0 aromatic heterocycles. The molecular formula is C16H24ClN3O2S. The zero-order valence-electron chi connectivity index (χ0n) is 13.2. The standard InChI is InChI=1S/C16H24ClN3O2S/c17-13-5-7-14(8-6-13)23(21,22)19-15-3-1-2-4-16(15)20-11-9-18-10-12-20/h5-8,15-16,18-19H,1-4,9-12H2/t15-,16+/m1/s1. The van der Waals surface area contributed by atoms with E-state index in [9.17, 15) is 8.42 Å². The van der Waals surface area contributed by atoms with Crippen LogP contribution in [0.3, 0.4) is 0 Å². The van der Waals surface area contributed by atoms with Gasteiger partial charge in [0.15, 0.2) is 0 Å². The molecule has 0 unspecified atom stereocenters. The molecule has 1 aromatic carbocycles. The maximum atomic E-state index is 12.7. The molecule has 1 heterocycles. The number of piperazine rings is 1. The van der Waals surface area contributed by atoms with Crippen molar-refractivity contribution in [2.24, 2.45) is 0 Å². The molecule has 0 spiro atoms. The largest absolute Gasteiger partial charge is 0.314 e. The van der Waals surface area contributed by atoms with Crippen LogP contribution in [0.4, 0.5) is 0 Å². The number of hydrogen-bond donors (Lipinski definition) is 2. The van der Waals surface area contributed by atoms with Crippen LogP contribution in [0.25, 0.3) is 0 Å². The van der Waals surface area contributed by atoms with Gasteiger partial charge in [0.05, 0.1) is 4.90 Å². The Morgan fingerprint density at radius 3 is 2.43 bits per heavy atom. The average molecular weight is 358 g/mol. The van der Waals surface area contributed by atoms with Gasteiger partial charge >= 0.3 is 0 Å². The van der Waals surface area contributed by atoms with Gasteiger partial charge in [0.2, 0.25) is 10.0 Å². The Morgan fingerprint density at radius 2 is 1.74 bits per heavy atom. The molecule has 1 saturated carbocycles. The fourth-order valence-electron chi connectivity index (χ4n) is 3.58. The second kappa shape index (κ2) is 7.49. The molecule has 1 aromatic rings. The lowest BCUT2D eigenvalue weighted by Gasteiger charge is -2.42. The van der Waals surface area contributed by atoms with Gasteiger partial charge in [-0.05, 0) is 37.1 Å². The van der Waals surface area contributed by atoms with Crippen molar-refractivity contribution in [1.82, 2.24) is 14.9 Å². The van der Waals surface area contributed by atoms with Crippen LogP contribution in [0.15, 0.2) is 29.2 Å². The van der Waals surface area contributed by atoms with E-state index in [1.807, 2.05) is 0 Å². The number of rotatable bonds is 4. The smallest absolute Gasteiger partial charge is 0.240 e. The predicted molar refractivity (Wildman–Crippen MR) is 92.3 cm³/mol. The van der Waals surface area contributed by atoms with E-state index in [4.69, 9.17) is 11.6 Å². The minimum absolute atomic E-state index is 0.0115. The normalized spacial score (nSPS) is 27.0. The van der Waals surface area contributed by atoms with Gasteiger partial charge in [-0.25, -0.2) is 13.1 Å². The predicted octanol–water partition coefficient (Wildman–Crippen LogP) is 1.83. The van der Waals surface area contributed by atoms with Crippen LogP contribution in [0.2, 0.25) is 5.02 Å². The lowest BCUT2D eigenvalue weighted by atomic mass is 9.89. The lowest BCUT2D eigenvalue weighted by Crippen LogP contribution is -2.57. The summed E-state index contributed by atoms with van der Waals surface area (Å²) in [4.78, 5) is 2.72. The number of nitrogens with zero attached hydrogens (tertiary/aromatic N) is 1. The molecule has 2 N–H and O–H groups in total. The topological polar surface area (TPSA) is 61.4 Å². The highest BCUT2D eigenvalue weighted by molar-refractivity contribution is 7.89. The van der Waals surface area contributed by atoms with E-state index in [0.717, 1.165) is 45.4 Å². The van der Waals surface area contributed by atoms with Crippen LogP contribution in [0, 0.1) is 0 Å². The van der Waals surface area contributed by atoms with Gasteiger partial charge in [0, 0.05) is 43.3 Å². The minimum Gasteiger partial charge on any atom is -0.314 e. The Hall–Kier alpha value is -0.660. The summed E-state index contributed by atoms with van der Waals surface area (Å²) >= 11 is 5.85. The van der Waals surface area contributed by atoms with Gasteiger partial charge in [0.25, 0.3) is 0 Å². The number of benzene rings is 1. The third-order valence-corrected chi connectivity index (χ3v) is 6.54. The highest BCUT2D eigenvalue weighted by Crippen LogP contribution is 2.25. The first kappa shape index (κ1) is 17.2. The Balaban J connectivity index is 1.74. The van der Waals surface area contributed by atoms with Crippen molar-refractivity contribution in [2.45, 2.75) is 42.7 Å². The average Bonchev–Trinajstić information content (AvgIpc) is 2.56. The SMILES string of the molecule is O=S(=O)(N[C@@H]1CCCC[C@@H]1N1CCNCC1)c1ccc(Cl)cc1. The number of nitrogens with one attached hydrogen (secondary N) is 2. The van der Waals surface area contributed by atoms with Crippen LogP contribution in [-0.2, 0) is 10.0 Å². The summed E-state index contributed by atoms with van der Waals surface area (Å²) in [5.41, 5.74) is 0. The minimum atomic E-state index is -3.50. The van der Waals surface area contributed by atoms with Crippen molar-refractivity contribution in [3.8, 4) is 0 Å². The van der Waals surface area contributed by atoms with Gasteiger partial charge in [-0.2, -0.15) is 0 Å². The van der Waals surface area contributed by atoms with E-state index >= 15 is 0 Å². The molecule has 2 atom stereocenters. The summed E-state index contributed by atoms with van der Waals surface area (Å²) in [6, 6.07) is 6.64.